The molecule has 0 aliphatic carbocycles. The first-order chi connectivity index (χ1) is 8.65. The zero-order valence-corrected chi connectivity index (χ0v) is 11.9. The quantitative estimate of drug-likeness (QED) is 0.877. The largest absolute Gasteiger partial charge is 0.490 e. The average molecular weight is 268 g/mol. The van der Waals surface area contributed by atoms with Gasteiger partial charge in [0.1, 0.15) is 11.9 Å². The topological polar surface area (TPSA) is 21.3 Å². The summed E-state index contributed by atoms with van der Waals surface area (Å²) < 4.78 is 6.17. The Balaban J connectivity index is 2.01. The maximum absolute atomic E-state index is 6.17. The molecule has 0 unspecified atom stereocenters. The molecule has 0 amide bonds. The molecule has 100 valence electrons. The molecule has 1 saturated heterocycles. The van der Waals surface area contributed by atoms with E-state index in [-0.39, 0.29) is 0 Å². The third-order valence-corrected chi connectivity index (χ3v) is 3.68. The molecule has 1 aliphatic heterocycles. The van der Waals surface area contributed by atoms with Gasteiger partial charge in [-0.2, -0.15) is 0 Å². The van der Waals surface area contributed by atoms with Gasteiger partial charge < -0.3 is 10.1 Å². The predicted octanol–water partition coefficient (Wildman–Crippen LogP) is 3.74. The second kappa shape index (κ2) is 6.44. The third kappa shape index (κ3) is 3.89. The molecule has 1 aromatic carbocycles. The van der Waals surface area contributed by atoms with Crippen molar-refractivity contribution < 1.29 is 4.74 Å². The molecule has 18 heavy (non-hydrogen) atoms. The molecular formula is C15H22ClNO. The van der Waals surface area contributed by atoms with Gasteiger partial charge in [-0.3, -0.25) is 0 Å². The van der Waals surface area contributed by atoms with Crippen LogP contribution in [-0.4, -0.2) is 19.2 Å². The Hall–Kier alpha value is -0.730. The molecule has 2 nitrogen and oxygen atoms in total. The minimum Gasteiger partial charge on any atom is -0.490 e. The van der Waals surface area contributed by atoms with E-state index in [4.69, 9.17) is 16.3 Å². The lowest BCUT2D eigenvalue weighted by molar-refractivity contribution is 0.119. The van der Waals surface area contributed by atoms with Crippen molar-refractivity contribution >= 4 is 11.6 Å². The molecule has 0 saturated carbocycles. The highest BCUT2D eigenvalue weighted by Crippen LogP contribution is 2.25. The van der Waals surface area contributed by atoms with E-state index in [0.29, 0.717) is 17.9 Å². The molecule has 1 heterocycles. The summed E-state index contributed by atoms with van der Waals surface area (Å²) >= 11 is 5.89. The maximum atomic E-state index is 6.17. The Bertz CT molecular complexity index is 357. The summed E-state index contributed by atoms with van der Waals surface area (Å²) in [5.41, 5.74) is 0. The Kier molecular flexibility index (Phi) is 4.90. The van der Waals surface area contributed by atoms with Gasteiger partial charge in [0.25, 0.3) is 0 Å². The van der Waals surface area contributed by atoms with Crippen LogP contribution in [0.3, 0.4) is 0 Å². The molecule has 2 atom stereocenters. The van der Waals surface area contributed by atoms with Crippen LogP contribution in [0.1, 0.15) is 26.7 Å². The van der Waals surface area contributed by atoms with E-state index in [9.17, 15) is 0 Å². The van der Waals surface area contributed by atoms with Crippen LogP contribution < -0.4 is 10.1 Å². The van der Waals surface area contributed by atoms with Crippen LogP contribution in [0, 0.1) is 11.8 Å². The van der Waals surface area contributed by atoms with Crippen molar-refractivity contribution in [3.05, 3.63) is 29.3 Å². The number of rotatable bonds is 5. The summed E-state index contributed by atoms with van der Waals surface area (Å²) in [6.07, 6.45) is 2.63. The molecule has 3 heteroatoms. The molecule has 0 aromatic heterocycles. The van der Waals surface area contributed by atoms with Crippen LogP contribution in [0.5, 0.6) is 5.75 Å². The van der Waals surface area contributed by atoms with Crippen LogP contribution in [-0.2, 0) is 0 Å². The lowest BCUT2D eigenvalue weighted by atomic mass is 9.93. The Morgan fingerprint density at radius 3 is 2.61 bits per heavy atom. The Morgan fingerprint density at radius 1 is 1.33 bits per heavy atom. The molecule has 1 aliphatic rings. The van der Waals surface area contributed by atoms with E-state index in [1.54, 1.807) is 0 Å². The van der Waals surface area contributed by atoms with Gasteiger partial charge in [-0.05, 0) is 49.6 Å². The minimum absolute atomic E-state index is 0.307. The van der Waals surface area contributed by atoms with Crippen LogP contribution >= 0.6 is 11.6 Å². The first-order valence-corrected chi connectivity index (χ1v) is 7.16. The summed E-state index contributed by atoms with van der Waals surface area (Å²) in [5, 5.41) is 4.17. The highest BCUT2D eigenvalue weighted by Gasteiger charge is 2.27. The van der Waals surface area contributed by atoms with Gasteiger partial charge >= 0.3 is 0 Å². The molecule has 1 aromatic rings. The Labute approximate surface area is 115 Å². The van der Waals surface area contributed by atoms with Crippen molar-refractivity contribution in [2.45, 2.75) is 32.8 Å². The van der Waals surface area contributed by atoms with Crippen molar-refractivity contribution in [3.63, 3.8) is 0 Å². The maximum Gasteiger partial charge on any atom is 0.119 e. The number of benzene rings is 1. The van der Waals surface area contributed by atoms with Gasteiger partial charge in [0.2, 0.25) is 0 Å². The number of halogens is 1. The van der Waals surface area contributed by atoms with Crippen LogP contribution in [0.4, 0.5) is 0 Å². The number of hydrogen-bond acceptors (Lipinski definition) is 2. The number of ether oxygens (including phenoxy) is 1. The standard InChI is InChI=1S/C15H22ClNO/c1-11(2)9-15(12-7-8-17-10-12)18-14-5-3-13(16)4-6-14/h3-6,11-12,15,17H,7-10H2,1-2H3/t12-,15+/m1/s1. The monoisotopic (exact) mass is 267 g/mol. The van der Waals surface area contributed by atoms with Gasteiger partial charge in [0.05, 0.1) is 0 Å². The predicted molar refractivity (Wildman–Crippen MR) is 76.3 cm³/mol. The summed E-state index contributed by atoms with van der Waals surface area (Å²) in [5.74, 6) is 2.21. The minimum atomic E-state index is 0.307. The lowest BCUT2D eigenvalue weighted by Gasteiger charge is -2.26. The lowest BCUT2D eigenvalue weighted by Crippen LogP contribution is -2.30. The second-order valence-corrected chi connectivity index (χ2v) is 5.93. The van der Waals surface area contributed by atoms with Crippen molar-refractivity contribution in [1.82, 2.24) is 5.32 Å². The van der Waals surface area contributed by atoms with E-state index < -0.39 is 0 Å². The van der Waals surface area contributed by atoms with E-state index in [1.807, 2.05) is 24.3 Å². The molecule has 2 rings (SSSR count). The fraction of sp³-hybridized carbons (Fsp3) is 0.600. The molecule has 0 spiro atoms. The first kappa shape index (κ1) is 13.7. The zero-order valence-electron chi connectivity index (χ0n) is 11.2. The van der Waals surface area contributed by atoms with Gasteiger partial charge in [-0.1, -0.05) is 25.4 Å². The summed E-state index contributed by atoms with van der Waals surface area (Å²) in [7, 11) is 0. The van der Waals surface area contributed by atoms with Gasteiger partial charge in [-0.15, -0.1) is 0 Å². The van der Waals surface area contributed by atoms with E-state index in [0.717, 1.165) is 30.3 Å². The normalized spacial score (nSPS) is 21.2. The molecular weight excluding hydrogens is 246 g/mol. The van der Waals surface area contributed by atoms with Gasteiger partial charge in [0, 0.05) is 17.5 Å². The number of hydrogen-bond donors (Lipinski definition) is 1. The fourth-order valence-electron chi connectivity index (χ4n) is 2.48. The molecule has 1 N–H and O–H groups in total. The summed E-state index contributed by atoms with van der Waals surface area (Å²) in [6.45, 7) is 6.69. The van der Waals surface area contributed by atoms with Crippen molar-refractivity contribution in [2.24, 2.45) is 11.8 Å². The van der Waals surface area contributed by atoms with E-state index in [2.05, 4.69) is 19.2 Å². The van der Waals surface area contributed by atoms with Gasteiger partial charge in [-0.25, -0.2) is 0 Å². The van der Waals surface area contributed by atoms with E-state index >= 15 is 0 Å². The average Bonchev–Trinajstić information content (AvgIpc) is 2.84. The SMILES string of the molecule is CC(C)C[C@H](Oc1ccc(Cl)cc1)[C@@H]1CCNC1. The molecule has 0 radical (unpaired) electrons. The van der Waals surface area contributed by atoms with Crippen molar-refractivity contribution in [1.29, 1.82) is 0 Å². The zero-order chi connectivity index (χ0) is 13.0. The van der Waals surface area contributed by atoms with Crippen molar-refractivity contribution in [3.8, 4) is 5.75 Å². The fourth-order valence-corrected chi connectivity index (χ4v) is 2.61. The van der Waals surface area contributed by atoms with Crippen LogP contribution in [0.25, 0.3) is 0 Å². The third-order valence-electron chi connectivity index (χ3n) is 3.43. The smallest absolute Gasteiger partial charge is 0.119 e. The summed E-state index contributed by atoms with van der Waals surface area (Å²) in [6, 6.07) is 7.68. The summed E-state index contributed by atoms with van der Waals surface area (Å²) in [4.78, 5) is 0. The van der Waals surface area contributed by atoms with Gasteiger partial charge in [0.15, 0.2) is 0 Å². The van der Waals surface area contributed by atoms with Crippen molar-refractivity contribution in [2.75, 3.05) is 13.1 Å². The highest BCUT2D eigenvalue weighted by molar-refractivity contribution is 6.30. The first-order valence-electron chi connectivity index (χ1n) is 6.78. The molecule has 0 bridgehead atoms. The Morgan fingerprint density at radius 2 is 2.06 bits per heavy atom. The van der Waals surface area contributed by atoms with E-state index in [1.165, 1.54) is 6.42 Å². The highest BCUT2D eigenvalue weighted by atomic mass is 35.5. The van der Waals surface area contributed by atoms with Crippen LogP contribution in [0.2, 0.25) is 5.02 Å². The van der Waals surface area contributed by atoms with Crippen LogP contribution in [0.15, 0.2) is 24.3 Å². The number of nitrogens with one attached hydrogen (secondary N) is 1. The second-order valence-electron chi connectivity index (χ2n) is 5.49. The molecule has 1 fully saturated rings.